The van der Waals surface area contributed by atoms with Gasteiger partial charge in [0.15, 0.2) is 0 Å². The zero-order valence-corrected chi connectivity index (χ0v) is 15.6. The van der Waals surface area contributed by atoms with Crippen LogP contribution in [0.15, 0.2) is 42.6 Å². The summed E-state index contributed by atoms with van der Waals surface area (Å²) in [7, 11) is 2.02. The molecule has 0 spiro atoms. The number of aromatic hydroxyl groups is 1. The Balaban J connectivity index is 1.75. The minimum atomic E-state index is -0.443. The van der Waals surface area contributed by atoms with Gasteiger partial charge in [0.2, 0.25) is 11.8 Å². The van der Waals surface area contributed by atoms with Gasteiger partial charge in [0.1, 0.15) is 5.82 Å². The first-order chi connectivity index (χ1) is 13.0. The maximum atomic E-state index is 12.7. The predicted molar refractivity (Wildman–Crippen MR) is 103 cm³/mol. The van der Waals surface area contributed by atoms with Crippen molar-refractivity contribution in [2.24, 2.45) is 0 Å². The zero-order valence-electron chi connectivity index (χ0n) is 14.8. The Morgan fingerprint density at radius 1 is 1.11 bits per heavy atom. The summed E-state index contributed by atoms with van der Waals surface area (Å²) in [6.45, 7) is 2.78. The van der Waals surface area contributed by atoms with Crippen molar-refractivity contribution in [1.82, 2.24) is 19.4 Å². The molecule has 7 nitrogen and oxygen atoms in total. The highest BCUT2D eigenvalue weighted by Gasteiger charge is 2.26. The van der Waals surface area contributed by atoms with Gasteiger partial charge in [-0.05, 0) is 31.3 Å². The third-order valence-electron chi connectivity index (χ3n) is 4.70. The van der Waals surface area contributed by atoms with E-state index in [-0.39, 0.29) is 11.8 Å². The molecule has 1 aliphatic rings. The largest absolute Gasteiger partial charge is 0.494 e. The molecular formula is C19H19ClN4O3. The van der Waals surface area contributed by atoms with Crippen molar-refractivity contribution in [2.75, 3.05) is 33.2 Å². The van der Waals surface area contributed by atoms with Crippen LogP contribution in [0.5, 0.6) is 11.8 Å². The molecule has 2 aromatic heterocycles. The van der Waals surface area contributed by atoms with E-state index in [1.165, 1.54) is 10.8 Å². The molecule has 3 heterocycles. The van der Waals surface area contributed by atoms with Gasteiger partial charge in [-0.15, -0.1) is 0 Å². The number of hydrogen-bond acceptors (Lipinski definition) is 5. The Hall–Kier alpha value is -2.77. The molecule has 140 valence electrons. The van der Waals surface area contributed by atoms with Crippen LogP contribution in [-0.4, -0.2) is 63.8 Å². The summed E-state index contributed by atoms with van der Waals surface area (Å²) in [5, 5.41) is 12.4. The number of amides is 1. The van der Waals surface area contributed by atoms with Gasteiger partial charge >= 0.3 is 6.09 Å². The maximum Gasteiger partial charge on any atom is 0.416 e. The number of aromatic nitrogens is 2. The lowest BCUT2D eigenvalue weighted by molar-refractivity contribution is 0.119. The SMILES string of the molecule is CN1CCN(C(=O)Oc2c3ccccc3c(O)n2-c2ccc(Cl)cn2)CC1. The average Bonchev–Trinajstić information content (AvgIpc) is 2.95. The standard InChI is InChI=1S/C19H19ClN4O3/c1-22-8-10-23(11-9-22)19(26)27-18-15-5-3-2-4-14(15)17(25)24(18)16-7-6-13(20)12-21-16/h2-7,12,25H,8-11H2,1H3. The Morgan fingerprint density at radius 3 is 2.48 bits per heavy atom. The number of benzene rings is 1. The Bertz CT molecular complexity index is 979. The van der Waals surface area contributed by atoms with E-state index >= 15 is 0 Å². The van der Waals surface area contributed by atoms with Crippen molar-refractivity contribution in [3.63, 3.8) is 0 Å². The van der Waals surface area contributed by atoms with Gasteiger partial charge in [-0.2, -0.15) is 0 Å². The number of carbonyl (C=O) groups excluding carboxylic acids is 1. The van der Waals surface area contributed by atoms with Crippen molar-refractivity contribution in [3.8, 4) is 17.6 Å². The third kappa shape index (κ3) is 3.31. The van der Waals surface area contributed by atoms with E-state index in [4.69, 9.17) is 16.3 Å². The van der Waals surface area contributed by atoms with Crippen LogP contribution in [0, 0.1) is 0 Å². The molecule has 1 N–H and O–H groups in total. The summed E-state index contributed by atoms with van der Waals surface area (Å²) in [6, 6.07) is 10.5. The fraction of sp³-hybridized carbons (Fsp3) is 0.263. The Labute approximate surface area is 161 Å². The van der Waals surface area contributed by atoms with Gasteiger partial charge in [0.25, 0.3) is 0 Å². The zero-order chi connectivity index (χ0) is 19.0. The molecule has 0 saturated carbocycles. The molecule has 0 unspecified atom stereocenters. The molecule has 0 bridgehead atoms. The minimum absolute atomic E-state index is 0.0402. The van der Waals surface area contributed by atoms with Crippen molar-refractivity contribution in [2.45, 2.75) is 0 Å². The Kier molecular flexibility index (Phi) is 4.63. The average molecular weight is 387 g/mol. The Morgan fingerprint density at radius 2 is 1.81 bits per heavy atom. The van der Waals surface area contributed by atoms with Crippen LogP contribution in [0.4, 0.5) is 4.79 Å². The summed E-state index contributed by atoms with van der Waals surface area (Å²) in [6.07, 6.45) is 1.04. The highest BCUT2D eigenvalue weighted by molar-refractivity contribution is 6.30. The maximum absolute atomic E-state index is 12.7. The number of ether oxygens (including phenoxy) is 1. The van der Waals surface area contributed by atoms with Crippen LogP contribution < -0.4 is 4.74 Å². The summed E-state index contributed by atoms with van der Waals surface area (Å²) in [5.74, 6) is 0.609. The molecule has 3 aromatic rings. The van der Waals surface area contributed by atoms with Crippen LogP contribution in [0.1, 0.15) is 0 Å². The number of pyridine rings is 1. The fourth-order valence-corrected chi connectivity index (χ4v) is 3.26. The van der Waals surface area contributed by atoms with Crippen LogP contribution in [0.3, 0.4) is 0 Å². The molecule has 1 amide bonds. The summed E-state index contributed by atoms with van der Waals surface area (Å²) >= 11 is 5.92. The number of rotatable bonds is 2. The highest BCUT2D eigenvalue weighted by Crippen LogP contribution is 2.39. The van der Waals surface area contributed by atoms with Crippen LogP contribution in [0.2, 0.25) is 5.02 Å². The van der Waals surface area contributed by atoms with E-state index in [2.05, 4.69) is 9.88 Å². The first kappa shape index (κ1) is 17.6. The molecule has 1 fully saturated rings. The van der Waals surface area contributed by atoms with Gasteiger partial charge in [0, 0.05) is 43.1 Å². The molecule has 1 saturated heterocycles. The van der Waals surface area contributed by atoms with Gasteiger partial charge in [-0.25, -0.2) is 14.3 Å². The quantitative estimate of drug-likeness (QED) is 0.732. The number of likely N-dealkylation sites (N-methyl/N-ethyl adjacent to an activating group) is 1. The molecular weight excluding hydrogens is 368 g/mol. The van der Waals surface area contributed by atoms with Gasteiger partial charge in [-0.1, -0.05) is 23.7 Å². The number of hydrogen-bond donors (Lipinski definition) is 1. The monoisotopic (exact) mass is 386 g/mol. The van der Waals surface area contributed by atoms with Crippen LogP contribution in [-0.2, 0) is 0 Å². The van der Waals surface area contributed by atoms with Crippen molar-refractivity contribution in [3.05, 3.63) is 47.6 Å². The smallest absolute Gasteiger partial charge is 0.416 e. The molecule has 27 heavy (non-hydrogen) atoms. The molecule has 8 heteroatoms. The van der Waals surface area contributed by atoms with Gasteiger partial charge in [-0.3, -0.25) is 0 Å². The molecule has 0 atom stereocenters. The highest BCUT2D eigenvalue weighted by atomic mass is 35.5. The normalized spacial score (nSPS) is 15.3. The predicted octanol–water partition coefficient (Wildman–Crippen LogP) is 3.13. The molecule has 0 radical (unpaired) electrons. The number of piperazine rings is 1. The first-order valence-electron chi connectivity index (χ1n) is 8.64. The van der Waals surface area contributed by atoms with E-state index in [0.29, 0.717) is 34.7 Å². The van der Waals surface area contributed by atoms with E-state index in [9.17, 15) is 9.90 Å². The fourth-order valence-electron chi connectivity index (χ4n) is 3.15. The van der Waals surface area contributed by atoms with Crippen molar-refractivity contribution in [1.29, 1.82) is 0 Å². The van der Waals surface area contributed by atoms with Gasteiger partial charge in [0.05, 0.1) is 5.02 Å². The van der Waals surface area contributed by atoms with Crippen LogP contribution in [0.25, 0.3) is 16.6 Å². The summed E-state index contributed by atoms with van der Waals surface area (Å²) in [5.41, 5.74) is 0. The molecule has 4 rings (SSSR count). The number of fused-ring (bicyclic) bond motifs is 1. The summed E-state index contributed by atoms with van der Waals surface area (Å²) in [4.78, 5) is 20.8. The number of nitrogens with zero attached hydrogens (tertiary/aromatic N) is 4. The number of halogens is 1. The van der Waals surface area contributed by atoms with Gasteiger partial charge < -0.3 is 19.6 Å². The second-order valence-corrected chi connectivity index (χ2v) is 6.94. The van der Waals surface area contributed by atoms with Crippen molar-refractivity contribution >= 4 is 28.5 Å². The van der Waals surface area contributed by atoms with Crippen molar-refractivity contribution < 1.29 is 14.6 Å². The third-order valence-corrected chi connectivity index (χ3v) is 4.92. The van der Waals surface area contributed by atoms with E-state index in [0.717, 1.165) is 13.1 Å². The number of carbonyl (C=O) groups is 1. The van der Waals surface area contributed by atoms with E-state index in [1.807, 2.05) is 19.2 Å². The molecule has 1 aliphatic heterocycles. The second kappa shape index (κ2) is 7.09. The lowest BCUT2D eigenvalue weighted by atomic mass is 10.2. The lowest BCUT2D eigenvalue weighted by Crippen LogP contribution is -2.48. The minimum Gasteiger partial charge on any atom is -0.494 e. The molecule has 1 aromatic carbocycles. The molecule has 0 aliphatic carbocycles. The van der Waals surface area contributed by atoms with Crippen LogP contribution >= 0.6 is 11.6 Å². The van der Waals surface area contributed by atoms with E-state index < -0.39 is 6.09 Å². The van der Waals surface area contributed by atoms with E-state index in [1.54, 1.807) is 29.2 Å². The first-order valence-corrected chi connectivity index (χ1v) is 9.02. The lowest BCUT2D eigenvalue weighted by Gasteiger charge is -2.31. The summed E-state index contributed by atoms with van der Waals surface area (Å²) < 4.78 is 7.16. The second-order valence-electron chi connectivity index (χ2n) is 6.50. The topological polar surface area (TPSA) is 70.8 Å².